The molecule has 0 N–H and O–H groups in total. The molecular weight excluding hydrogens is 328 g/mol. The van der Waals surface area contributed by atoms with Crippen molar-refractivity contribution in [3.63, 3.8) is 0 Å². The molecule has 3 aromatic rings. The summed E-state index contributed by atoms with van der Waals surface area (Å²) >= 11 is 0. The van der Waals surface area contributed by atoms with Crippen LogP contribution < -0.4 is 9.47 Å². The maximum absolute atomic E-state index is 8.86. The monoisotopic (exact) mass is 350 g/mol. The van der Waals surface area contributed by atoms with Crippen molar-refractivity contribution in [2.75, 3.05) is 14.2 Å². The first-order chi connectivity index (χ1) is 12.7. The van der Waals surface area contributed by atoms with Gasteiger partial charge in [-0.05, 0) is 43.2 Å². The van der Waals surface area contributed by atoms with Gasteiger partial charge in [-0.2, -0.15) is 5.26 Å². The Bertz CT molecular complexity index is 956. The van der Waals surface area contributed by atoms with Crippen molar-refractivity contribution in [3.8, 4) is 17.6 Å². The Labute approximate surface area is 153 Å². The van der Waals surface area contributed by atoms with Crippen LogP contribution in [0, 0.1) is 18.3 Å². The first kappa shape index (κ1) is 17.7. The van der Waals surface area contributed by atoms with E-state index in [1.165, 1.54) is 0 Å². The van der Waals surface area contributed by atoms with Gasteiger partial charge in [0.1, 0.15) is 22.8 Å². The van der Waals surface area contributed by atoms with Gasteiger partial charge < -0.3 is 14.0 Å². The molecule has 0 atom stereocenters. The molecule has 3 rings (SSSR count). The number of aryl methyl sites for hydroxylation is 2. The number of nitriles is 1. The fourth-order valence-electron chi connectivity index (χ4n) is 3.06. The van der Waals surface area contributed by atoms with Gasteiger partial charge in [0.05, 0.1) is 20.3 Å². The van der Waals surface area contributed by atoms with E-state index in [2.05, 4.69) is 15.6 Å². The highest BCUT2D eigenvalue weighted by molar-refractivity contribution is 5.75. The number of rotatable bonds is 7. The number of unbranched alkanes of at least 4 members (excludes halogenated alkanes) is 1. The first-order valence-electron chi connectivity index (χ1n) is 8.56. The van der Waals surface area contributed by atoms with Crippen LogP contribution in [0.1, 0.15) is 29.8 Å². The average molecular weight is 350 g/mol. The lowest BCUT2D eigenvalue weighted by Crippen LogP contribution is -2.06. The second-order valence-electron chi connectivity index (χ2n) is 6.10. The third-order valence-corrected chi connectivity index (χ3v) is 4.42. The zero-order chi connectivity index (χ0) is 18.5. The maximum atomic E-state index is 8.86. The highest BCUT2D eigenvalue weighted by atomic mass is 16.5. The summed E-state index contributed by atoms with van der Waals surface area (Å²) in [5.74, 6) is 2.49. The van der Waals surface area contributed by atoms with Crippen molar-refractivity contribution in [1.82, 2.24) is 14.5 Å². The van der Waals surface area contributed by atoms with Gasteiger partial charge in [-0.3, -0.25) is 0 Å². The molecule has 0 bridgehead atoms. The van der Waals surface area contributed by atoms with Gasteiger partial charge in [0, 0.05) is 31.1 Å². The molecule has 0 saturated heterocycles. The molecule has 0 aliphatic carbocycles. The van der Waals surface area contributed by atoms with Crippen LogP contribution >= 0.6 is 0 Å². The molecule has 6 heteroatoms. The Hall–Kier alpha value is -3.07. The zero-order valence-corrected chi connectivity index (χ0v) is 15.3. The van der Waals surface area contributed by atoms with Crippen LogP contribution in [0.4, 0.5) is 0 Å². The van der Waals surface area contributed by atoms with Gasteiger partial charge in [-0.25, -0.2) is 9.97 Å². The smallest absolute Gasteiger partial charge is 0.160 e. The molecule has 26 heavy (non-hydrogen) atoms. The molecule has 6 nitrogen and oxygen atoms in total. The Morgan fingerprint density at radius 3 is 2.77 bits per heavy atom. The topological polar surface area (TPSA) is 73.0 Å². The molecule has 2 heterocycles. The number of pyridine rings is 1. The quantitative estimate of drug-likeness (QED) is 0.608. The van der Waals surface area contributed by atoms with E-state index in [1.807, 2.05) is 31.2 Å². The molecule has 134 valence electrons. The lowest BCUT2D eigenvalue weighted by Gasteiger charge is -2.12. The molecule has 0 radical (unpaired) electrons. The number of methoxy groups -OCH3 is 2. The van der Waals surface area contributed by atoms with Crippen LogP contribution in [0.3, 0.4) is 0 Å². The van der Waals surface area contributed by atoms with Crippen LogP contribution in [0.15, 0.2) is 30.5 Å². The van der Waals surface area contributed by atoms with Crippen molar-refractivity contribution in [3.05, 3.63) is 47.4 Å². The van der Waals surface area contributed by atoms with E-state index < -0.39 is 0 Å². The van der Waals surface area contributed by atoms with E-state index in [1.54, 1.807) is 20.4 Å². The van der Waals surface area contributed by atoms with Crippen LogP contribution in [0.5, 0.6) is 11.5 Å². The van der Waals surface area contributed by atoms with Crippen molar-refractivity contribution in [2.24, 2.45) is 0 Å². The predicted molar refractivity (Wildman–Crippen MR) is 99.5 cm³/mol. The van der Waals surface area contributed by atoms with Crippen LogP contribution in [-0.4, -0.2) is 28.8 Å². The summed E-state index contributed by atoms with van der Waals surface area (Å²) in [5.41, 5.74) is 3.86. The van der Waals surface area contributed by atoms with Crippen molar-refractivity contribution >= 4 is 11.2 Å². The minimum Gasteiger partial charge on any atom is -0.497 e. The van der Waals surface area contributed by atoms with Crippen LogP contribution in [0.2, 0.25) is 0 Å². The van der Waals surface area contributed by atoms with Crippen molar-refractivity contribution in [1.29, 1.82) is 5.26 Å². The van der Waals surface area contributed by atoms with Gasteiger partial charge in [0.2, 0.25) is 0 Å². The lowest BCUT2D eigenvalue weighted by atomic mass is 10.1. The fraction of sp³-hybridized carbons (Fsp3) is 0.350. The van der Waals surface area contributed by atoms with Crippen LogP contribution in [0.25, 0.3) is 11.2 Å². The van der Waals surface area contributed by atoms with E-state index >= 15 is 0 Å². The zero-order valence-electron chi connectivity index (χ0n) is 15.3. The molecule has 0 spiro atoms. The summed E-state index contributed by atoms with van der Waals surface area (Å²) in [5, 5.41) is 8.86. The van der Waals surface area contributed by atoms with Crippen molar-refractivity contribution < 1.29 is 9.47 Å². The SMILES string of the molecule is COc1ccc(OC)c(Cc2nc3c(C)ccnc3n2CCCC#N)c1. The van der Waals surface area contributed by atoms with Gasteiger partial charge in [0.15, 0.2) is 5.65 Å². The molecule has 0 amide bonds. The number of hydrogen-bond donors (Lipinski definition) is 0. The molecule has 0 unspecified atom stereocenters. The molecular formula is C20H22N4O2. The fourth-order valence-corrected chi connectivity index (χ4v) is 3.06. The number of fused-ring (bicyclic) bond motifs is 1. The Kier molecular flexibility index (Phi) is 5.37. The summed E-state index contributed by atoms with van der Waals surface area (Å²) in [6.45, 7) is 2.74. The Balaban J connectivity index is 2.05. The molecule has 0 fully saturated rings. The predicted octanol–water partition coefficient (Wildman–Crippen LogP) is 3.65. The maximum Gasteiger partial charge on any atom is 0.160 e. The Morgan fingerprint density at radius 1 is 1.19 bits per heavy atom. The molecule has 0 aliphatic heterocycles. The lowest BCUT2D eigenvalue weighted by molar-refractivity contribution is 0.399. The summed E-state index contributed by atoms with van der Waals surface area (Å²) in [6, 6.07) is 9.92. The van der Waals surface area contributed by atoms with Gasteiger partial charge >= 0.3 is 0 Å². The molecule has 1 aromatic carbocycles. The second-order valence-corrected chi connectivity index (χ2v) is 6.10. The van der Waals surface area contributed by atoms with Crippen molar-refractivity contribution in [2.45, 2.75) is 32.7 Å². The number of ether oxygens (including phenoxy) is 2. The second kappa shape index (κ2) is 7.87. The Morgan fingerprint density at radius 2 is 2.04 bits per heavy atom. The molecule has 2 aromatic heterocycles. The molecule has 0 saturated carbocycles. The minimum atomic E-state index is 0.507. The summed E-state index contributed by atoms with van der Waals surface area (Å²) < 4.78 is 13.0. The summed E-state index contributed by atoms with van der Waals surface area (Å²) in [4.78, 5) is 9.36. The van der Waals surface area contributed by atoms with E-state index in [-0.39, 0.29) is 0 Å². The largest absolute Gasteiger partial charge is 0.497 e. The minimum absolute atomic E-state index is 0.507. The highest BCUT2D eigenvalue weighted by Crippen LogP contribution is 2.28. The third-order valence-electron chi connectivity index (χ3n) is 4.42. The number of aromatic nitrogens is 3. The third kappa shape index (κ3) is 3.47. The molecule has 0 aliphatic rings. The normalized spacial score (nSPS) is 10.7. The van der Waals surface area contributed by atoms with E-state index in [0.717, 1.165) is 46.0 Å². The number of benzene rings is 1. The van der Waals surface area contributed by atoms with Crippen LogP contribution in [-0.2, 0) is 13.0 Å². The van der Waals surface area contributed by atoms with E-state index in [9.17, 15) is 0 Å². The van der Waals surface area contributed by atoms with E-state index in [0.29, 0.717) is 19.4 Å². The summed E-state index contributed by atoms with van der Waals surface area (Å²) in [7, 11) is 3.31. The number of nitrogens with zero attached hydrogens (tertiary/aromatic N) is 4. The van der Waals surface area contributed by atoms with E-state index in [4.69, 9.17) is 19.7 Å². The average Bonchev–Trinajstić information content (AvgIpc) is 3.01. The van der Waals surface area contributed by atoms with Gasteiger partial charge in [-0.1, -0.05) is 0 Å². The highest BCUT2D eigenvalue weighted by Gasteiger charge is 2.16. The van der Waals surface area contributed by atoms with Gasteiger partial charge in [0.25, 0.3) is 0 Å². The number of imidazole rings is 1. The summed E-state index contributed by atoms with van der Waals surface area (Å²) in [6.07, 6.45) is 3.67. The number of hydrogen-bond acceptors (Lipinski definition) is 5. The van der Waals surface area contributed by atoms with Gasteiger partial charge in [-0.15, -0.1) is 0 Å². The standard InChI is InChI=1S/C20H22N4O2/c1-14-8-10-22-20-19(14)23-18(24(20)11-5-4-9-21)13-15-12-16(25-2)6-7-17(15)26-3/h6-8,10,12H,4-5,11,13H2,1-3H3. The first-order valence-corrected chi connectivity index (χ1v) is 8.56.